The quantitative estimate of drug-likeness (QED) is 0.937. The summed E-state index contributed by atoms with van der Waals surface area (Å²) in [5.41, 5.74) is -0.00976. The van der Waals surface area contributed by atoms with Gasteiger partial charge < -0.3 is 9.67 Å². The lowest BCUT2D eigenvalue weighted by Crippen LogP contribution is -2.19. The molecular weight excluding hydrogens is 269 g/mol. The molecule has 6 heteroatoms. The molecule has 0 saturated heterocycles. The lowest BCUT2D eigenvalue weighted by atomic mass is 10.1. The number of aromatic nitrogens is 2. The Morgan fingerprint density at radius 2 is 1.90 bits per heavy atom. The summed E-state index contributed by atoms with van der Waals surface area (Å²) >= 11 is 0. The van der Waals surface area contributed by atoms with Gasteiger partial charge in [0.25, 0.3) is 0 Å². The van der Waals surface area contributed by atoms with Gasteiger partial charge in [-0.05, 0) is 24.6 Å². The van der Waals surface area contributed by atoms with E-state index < -0.39 is 17.8 Å². The van der Waals surface area contributed by atoms with Crippen molar-refractivity contribution in [2.24, 2.45) is 0 Å². The fourth-order valence-electron chi connectivity index (χ4n) is 1.99. The molecule has 1 atom stereocenters. The first kappa shape index (κ1) is 14.6. The second-order valence-corrected chi connectivity index (χ2v) is 4.68. The van der Waals surface area contributed by atoms with E-state index >= 15 is 0 Å². The fourth-order valence-corrected chi connectivity index (χ4v) is 1.99. The van der Waals surface area contributed by atoms with Gasteiger partial charge in [-0.25, -0.2) is 4.98 Å². The largest absolute Gasteiger partial charge is 0.416 e. The van der Waals surface area contributed by atoms with Crippen molar-refractivity contribution in [2.75, 3.05) is 0 Å². The number of aliphatic hydroxyl groups excluding tert-OH is 1. The van der Waals surface area contributed by atoms with E-state index in [1.165, 1.54) is 12.1 Å². The molecule has 2 aromatic rings. The van der Waals surface area contributed by atoms with Gasteiger partial charge in [0.05, 0.1) is 18.2 Å². The summed E-state index contributed by atoms with van der Waals surface area (Å²) in [6.07, 6.45) is -1.30. The van der Waals surface area contributed by atoms with E-state index in [2.05, 4.69) is 4.98 Å². The molecule has 1 N–H and O–H groups in total. The average Bonchev–Trinajstić information content (AvgIpc) is 2.74. The SMILES string of the molecule is Cc1nccn1CC(O)Cc1ccc(C(F)(F)F)cc1. The number of benzene rings is 1. The van der Waals surface area contributed by atoms with Gasteiger partial charge in [-0.1, -0.05) is 12.1 Å². The molecule has 20 heavy (non-hydrogen) atoms. The number of hydrogen-bond donors (Lipinski definition) is 1. The van der Waals surface area contributed by atoms with Crippen LogP contribution in [0.15, 0.2) is 36.7 Å². The van der Waals surface area contributed by atoms with Crippen LogP contribution in [0.4, 0.5) is 13.2 Å². The minimum absolute atomic E-state index is 0.301. The number of nitrogens with zero attached hydrogens (tertiary/aromatic N) is 2. The van der Waals surface area contributed by atoms with Crippen LogP contribution in [-0.4, -0.2) is 20.8 Å². The van der Waals surface area contributed by atoms with E-state index in [4.69, 9.17) is 0 Å². The van der Waals surface area contributed by atoms with Crippen LogP contribution in [-0.2, 0) is 19.1 Å². The van der Waals surface area contributed by atoms with Crippen LogP contribution in [0, 0.1) is 6.92 Å². The molecule has 0 amide bonds. The van der Waals surface area contributed by atoms with E-state index in [1.807, 2.05) is 6.92 Å². The zero-order valence-electron chi connectivity index (χ0n) is 10.9. The third kappa shape index (κ3) is 3.60. The summed E-state index contributed by atoms with van der Waals surface area (Å²) in [4.78, 5) is 4.04. The Hall–Kier alpha value is -1.82. The Morgan fingerprint density at radius 3 is 2.40 bits per heavy atom. The Kier molecular flexibility index (Phi) is 4.13. The first-order valence-electron chi connectivity index (χ1n) is 6.18. The Bertz CT molecular complexity index is 561. The average molecular weight is 284 g/mol. The van der Waals surface area contributed by atoms with E-state index in [-0.39, 0.29) is 0 Å². The molecule has 1 heterocycles. The van der Waals surface area contributed by atoms with Crippen molar-refractivity contribution >= 4 is 0 Å². The first-order valence-corrected chi connectivity index (χ1v) is 6.18. The molecule has 0 spiro atoms. The summed E-state index contributed by atoms with van der Waals surface area (Å²) in [5.74, 6) is 0.788. The van der Waals surface area contributed by atoms with Gasteiger partial charge in [-0.15, -0.1) is 0 Å². The molecule has 0 saturated carbocycles. The van der Waals surface area contributed by atoms with Crippen molar-refractivity contribution in [3.63, 3.8) is 0 Å². The summed E-state index contributed by atoms with van der Waals surface area (Å²) in [7, 11) is 0. The smallest absolute Gasteiger partial charge is 0.391 e. The lowest BCUT2D eigenvalue weighted by molar-refractivity contribution is -0.137. The third-order valence-corrected chi connectivity index (χ3v) is 3.08. The molecule has 0 aliphatic heterocycles. The van der Waals surface area contributed by atoms with Crippen molar-refractivity contribution in [1.82, 2.24) is 9.55 Å². The number of alkyl halides is 3. The number of aliphatic hydroxyl groups is 1. The summed E-state index contributed by atoms with van der Waals surface area (Å²) in [6.45, 7) is 2.19. The van der Waals surface area contributed by atoms with Crippen LogP contribution in [0.3, 0.4) is 0 Å². The maximum atomic E-state index is 12.4. The van der Waals surface area contributed by atoms with Crippen molar-refractivity contribution in [3.8, 4) is 0 Å². The second kappa shape index (κ2) is 5.66. The second-order valence-electron chi connectivity index (χ2n) is 4.68. The number of halogens is 3. The molecule has 0 fully saturated rings. The van der Waals surface area contributed by atoms with Crippen LogP contribution >= 0.6 is 0 Å². The molecule has 0 aliphatic rings. The maximum absolute atomic E-state index is 12.4. The minimum Gasteiger partial charge on any atom is -0.391 e. The number of hydrogen-bond acceptors (Lipinski definition) is 2. The normalized spacial score (nSPS) is 13.4. The van der Waals surface area contributed by atoms with Crippen molar-refractivity contribution in [3.05, 3.63) is 53.6 Å². The van der Waals surface area contributed by atoms with Gasteiger partial charge in [0, 0.05) is 18.8 Å². The number of rotatable bonds is 4. The van der Waals surface area contributed by atoms with E-state index in [0.717, 1.165) is 18.0 Å². The van der Waals surface area contributed by atoms with Crippen molar-refractivity contribution in [2.45, 2.75) is 32.2 Å². The summed E-state index contributed by atoms with van der Waals surface area (Å²) in [5, 5.41) is 9.96. The zero-order chi connectivity index (χ0) is 14.8. The topological polar surface area (TPSA) is 38.0 Å². The molecule has 0 aliphatic carbocycles. The summed E-state index contributed by atoms with van der Waals surface area (Å²) < 4.78 is 39.1. The first-order chi connectivity index (χ1) is 9.36. The van der Waals surface area contributed by atoms with Gasteiger partial charge in [0.2, 0.25) is 0 Å². The molecule has 3 nitrogen and oxygen atoms in total. The van der Waals surface area contributed by atoms with Gasteiger partial charge in [-0.3, -0.25) is 0 Å². The molecular formula is C14H15F3N2O. The van der Waals surface area contributed by atoms with Crippen molar-refractivity contribution < 1.29 is 18.3 Å². The molecule has 0 radical (unpaired) electrons. The van der Waals surface area contributed by atoms with Gasteiger partial charge in [-0.2, -0.15) is 13.2 Å². The number of aryl methyl sites for hydroxylation is 1. The van der Waals surface area contributed by atoms with E-state index in [0.29, 0.717) is 18.5 Å². The van der Waals surface area contributed by atoms with Crippen LogP contribution in [0.5, 0.6) is 0 Å². The Labute approximate surface area is 114 Å². The fraction of sp³-hybridized carbons (Fsp3) is 0.357. The monoisotopic (exact) mass is 284 g/mol. The van der Waals surface area contributed by atoms with Crippen molar-refractivity contribution in [1.29, 1.82) is 0 Å². The third-order valence-electron chi connectivity index (χ3n) is 3.08. The van der Waals surface area contributed by atoms with E-state index in [9.17, 15) is 18.3 Å². The molecule has 1 aromatic heterocycles. The predicted octanol–water partition coefficient (Wildman–Crippen LogP) is 2.81. The van der Waals surface area contributed by atoms with Gasteiger partial charge in [0.15, 0.2) is 0 Å². The Balaban J connectivity index is 1.98. The molecule has 1 aromatic carbocycles. The minimum atomic E-state index is -4.33. The molecule has 2 rings (SSSR count). The van der Waals surface area contributed by atoms with Crippen LogP contribution < -0.4 is 0 Å². The lowest BCUT2D eigenvalue weighted by Gasteiger charge is -2.13. The Morgan fingerprint density at radius 1 is 1.25 bits per heavy atom. The highest BCUT2D eigenvalue weighted by molar-refractivity contribution is 5.25. The highest BCUT2D eigenvalue weighted by Crippen LogP contribution is 2.29. The highest BCUT2D eigenvalue weighted by Gasteiger charge is 2.29. The highest BCUT2D eigenvalue weighted by atomic mass is 19.4. The summed E-state index contributed by atoms with van der Waals surface area (Å²) in [6, 6.07) is 4.86. The maximum Gasteiger partial charge on any atom is 0.416 e. The van der Waals surface area contributed by atoms with Crippen LogP contribution in [0.2, 0.25) is 0 Å². The zero-order valence-corrected chi connectivity index (χ0v) is 10.9. The molecule has 0 bridgehead atoms. The van der Waals surface area contributed by atoms with Gasteiger partial charge >= 0.3 is 6.18 Å². The molecule has 108 valence electrons. The van der Waals surface area contributed by atoms with Crippen LogP contribution in [0.1, 0.15) is 17.0 Å². The standard InChI is InChI=1S/C14H15F3N2O/c1-10-18-6-7-19(10)9-13(20)8-11-2-4-12(5-3-11)14(15,16)17/h2-7,13,20H,8-9H2,1H3. The predicted molar refractivity (Wildman–Crippen MR) is 68.1 cm³/mol. The van der Waals surface area contributed by atoms with E-state index in [1.54, 1.807) is 17.0 Å². The van der Waals surface area contributed by atoms with Crippen LogP contribution in [0.25, 0.3) is 0 Å². The number of imidazole rings is 1. The molecule has 1 unspecified atom stereocenters. The van der Waals surface area contributed by atoms with Gasteiger partial charge in [0.1, 0.15) is 5.82 Å².